The molecular formula is C14H22N2O2. The van der Waals surface area contributed by atoms with Crippen LogP contribution in [-0.4, -0.2) is 36.1 Å². The minimum Gasteiger partial charge on any atom is -0.508 e. The van der Waals surface area contributed by atoms with Gasteiger partial charge in [0.1, 0.15) is 5.75 Å². The average molecular weight is 250 g/mol. The Kier molecular flexibility index (Phi) is 6.22. The van der Waals surface area contributed by atoms with Crippen LogP contribution >= 0.6 is 0 Å². The van der Waals surface area contributed by atoms with Gasteiger partial charge in [0.2, 0.25) is 5.91 Å². The summed E-state index contributed by atoms with van der Waals surface area (Å²) in [5.41, 5.74) is 0.717. The van der Waals surface area contributed by atoms with Gasteiger partial charge in [0, 0.05) is 18.7 Å². The monoisotopic (exact) mass is 250 g/mol. The molecule has 0 heterocycles. The van der Waals surface area contributed by atoms with E-state index in [0.29, 0.717) is 12.1 Å². The molecule has 0 aliphatic rings. The summed E-state index contributed by atoms with van der Waals surface area (Å²) in [7, 11) is 2.03. The lowest BCUT2D eigenvalue weighted by Gasteiger charge is -2.15. The average Bonchev–Trinajstić information content (AvgIpc) is 2.36. The molecule has 100 valence electrons. The van der Waals surface area contributed by atoms with Crippen molar-refractivity contribution < 1.29 is 9.90 Å². The van der Waals surface area contributed by atoms with E-state index >= 15 is 0 Å². The van der Waals surface area contributed by atoms with E-state index in [1.165, 1.54) is 6.42 Å². The first-order valence-electron chi connectivity index (χ1n) is 6.39. The van der Waals surface area contributed by atoms with E-state index in [4.69, 9.17) is 5.11 Å². The van der Waals surface area contributed by atoms with Crippen molar-refractivity contribution in [2.75, 3.05) is 25.5 Å². The SMILES string of the molecule is CCCCN(C)CCC(=O)Nc1ccc(O)cc1. The van der Waals surface area contributed by atoms with Crippen molar-refractivity contribution in [1.29, 1.82) is 0 Å². The summed E-state index contributed by atoms with van der Waals surface area (Å²) < 4.78 is 0. The van der Waals surface area contributed by atoms with E-state index in [1.54, 1.807) is 24.3 Å². The summed E-state index contributed by atoms with van der Waals surface area (Å²) in [4.78, 5) is 13.8. The smallest absolute Gasteiger partial charge is 0.225 e. The van der Waals surface area contributed by atoms with E-state index < -0.39 is 0 Å². The maximum atomic E-state index is 11.7. The number of rotatable bonds is 7. The molecule has 18 heavy (non-hydrogen) atoms. The van der Waals surface area contributed by atoms with Crippen LogP contribution in [0.4, 0.5) is 5.69 Å². The Morgan fingerprint density at radius 3 is 2.56 bits per heavy atom. The summed E-state index contributed by atoms with van der Waals surface area (Å²) >= 11 is 0. The lowest BCUT2D eigenvalue weighted by molar-refractivity contribution is -0.116. The van der Waals surface area contributed by atoms with Crippen LogP contribution in [0.25, 0.3) is 0 Å². The fourth-order valence-corrected chi connectivity index (χ4v) is 1.60. The van der Waals surface area contributed by atoms with Gasteiger partial charge in [-0.05, 0) is 44.3 Å². The zero-order valence-corrected chi connectivity index (χ0v) is 11.1. The summed E-state index contributed by atoms with van der Waals surface area (Å²) in [6.07, 6.45) is 2.82. The predicted molar refractivity (Wildman–Crippen MR) is 73.8 cm³/mol. The number of carbonyl (C=O) groups is 1. The number of anilines is 1. The predicted octanol–water partition coefficient (Wildman–Crippen LogP) is 2.45. The summed E-state index contributed by atoms with van der Waals surface area (Å²) in [5, 5.41) is 11.9. The Labute approximate surface area is 109 Å². The highest BCUT2D eigenvalue weighted by Gasteiger charge is 2.04. The van der Waals surface area contributed by atoms with Crippen LogP contribution in [-0.2, 0) is 4.79 Å². The van der Waals surface area contributed by atoms with Crippen LogP contribution in [0.3, 0.4) is 0 Å². The van der Waals surface area contributed by atoms with Crippen LogP contribution in [0.5, 0.6) is 5.75 Å². The molecule has 4 nitrogen and oxygen atoms in total. The van der Waals surface area contributed by atoms with E-state index in [1.807, 2.05) is 7.05 Å². The molecule has 1 aromatic rings. The fourth-order valence-electron chi connectivity index (χ4n) is 1.60. The van der Waals surface area contributed by atoms with Crippen molar-refractivity contribution in [3.05, 3.63) is 24.3 Å². The Hall–Kier alpha value is -1.55. The second kappa shape index (κ2) is 7.71. The number of phenolic OH excluding ortho intramolecular Hbond substituents is 1. The Balaban J connectivity index is 2.27. The number of phenols is 1. The fraction of sp³-hybridized carbons (Fsp3) is 0.500. The first-order chi connectivity index (χ1) is 8.61. The van der Waals surface area contributed by atoms with Crippen molar-refractivity contribution in [2.24, 2.45) is 0 Å². The number of amides is 1. The van der Waals surface area contributed by atoms with Gasteiger partial charge in [0.05, 0.1) is 0 Å². The molecule has 1 amide bonds. The minimum atomic E-state index is 0.00374. The molecule has 2 N–H and O–H groups in total. The molecule has 0 radical (unpaired) electrons. The third kappa shape index (κ3) is 5.68. The van der Waals surface area contributed by atoms with Gasteiger partial charge < -0.3 is 15.3 Å². The summed E-state index contributed by atoms with van der Waals surface area (Å²) in [5.74, 6) is 0.205. The van der Waals surface area contributed by atoms with Gasteiger partial charge in [-0.25, -0.2) is 0 Å². The maximum Gasteiger partial charge on any atom is 0.225 e. The number of unbranched alkanes of at least 4 members (excludes halogenated alkanes) is 1. The molecule has 0 saturated heterocycles. The van der Waals surface area contributed by atoms with Gasteiger partial charge in [-0.1, -0.05) is 13.3 Å². The highest BCUT2D eigenvalue weighted by molar-refractivity contribution is 5.90. The van der Waals surface area contributed by atoms with Gasteiger partial charge >= 0.3 is 0 Å². The van der Waals surface area contributed by atoms with Crippen LogP contribution in [0.1, 0.15) is 26.2 Å². The number of nitrogens with one attached hydrogen (secondary N) is 1. The number of hydrogen-bond donors (Lipinski definition) is 2. The van der Waals surface area contributed by atoms with E-state index in [9.17, 15) is 4.79 Å². The first-order valence-corrected chi connectivity index (χ1v) is 6.39. The zero-order valence-electron chi connectivity index (χ0n) is 11.1. The molecule has 0 spiro atoms. The number of benzene rings is 1. The van der Waals surface area contributed by atoms with Gasteiger partial charge in [0.25, 0.3) is 0 Å². The van der Waals surface area contributed by atoms with Crippen molar-refractivity contribution in [3.63, 3.8) is 0 Å². The molecule has 1 aromatic carbocycles. The standard InChI is InChI=1S/C14H22N2O2/c1-3-4-10-16(2)11-9-14(18)15-12-5-7-13(17)8-6-12/h5-8,17H,3-4,9-11H2,1-2H3,(H,15,18). The highest BCUT2D eigenvalue weighted by atomic mass is 16.3. The summed E-state index contributed by atoms with van der Waals surface area (Å²) in [6, 6.07) is 6.49. The van der Waals surface area contributed by atoms with Gasteiger partial charge in [-0.2, -0.15) is 0 Å². The van der Waals surface area contributed by atoms with Gasteiger partial charge in [-0.3, -0.25) is 4.79 Å². The van der Waals surface area contributed by atoms with E-state index in [2.05, 4.69) is 17.1 Å². The molecule has 1 rings (SSSR count). The number of aromatic hydroxyl groups is 1. The number of nitrogens with zero attached hydrogens (tertiary/aromatic N) is 1. The normalized spacial score (nSPS) is 10.6. The van der Waals surface area contributed by atoms with Crippen molar-refractivity contribution in [3.8, 4) is 5.75 Å². The first kappa shape index (κ1) is 14.5. The quantitative estimate of drug-likeness (QED) is 0.731. The molecular weight excluding hydrogens is 228 g/mol. The zero-order chi connectivity index (χ0) is 13.4. The van der Waals surface area contributed by atoms with Crippen LogP contribution in [0.15, 0.2) is 24.3 Å². The Morgan fingerprint density at radius 2 is 1.94 bits per heavy atom. The molecule has 0 aromatic heterocycles. The van der Waals surface area contributed by atoms with Gasteiger partial charge in [-0.15, -0.1) is 0 Å². The lowest BCUT2D eigenvalue weighted by Crippen LogP contribution is -2.25. The molecule has 0 aliphatic heterocycles. The van der Waals surface area contributed by atoms with Gasteiger partial charge in [0.15, 0.2) is 0 Å². The molecule has 0 unspecified atom stereocenters. The topological polar surface area (TPSA) is 52.6 Å². The van der Waals surface area contributed by atoms with Crippen molar-refractivity contribution in [2.45, 2.75) is 26.2 Å². The van der Waals surface area contributed by atoms with Crippen molar-refractivity contribution >= 4 is 11.6 Å². The largest absolute Gasteiger partial charge is 0.508 e. The second-order valence-corrected chi connectivity index (χ2v) is 4.50. The molecule has 0 saturated carbocycles. The Bertz CT molecular complexity index is 363. The maximum absolute atomic E-state index is 11.7. The molecule has 4 heteroatoms. The van der Waals surface area contributed by atoms with Crippen LogP contribution in [0, 0.1) is 0 Å². The van der Waals surface area contributed by atoms with Crippen LogP contribution in [0.2, 0.25) is 0 Å². The van der Waals surface area contributed by atoms with Crippen LogP contribution < -0.4 is 5.32 Å². The van der Waals surface area contributed by atoms with E-state index in [-0.39, 0.29) is 11.7 Å². The highest BCUT2D eigenvalue weighted by Crippen LogP contribution is 2.13. The van der Waals surface area contributed by atoms with E-state index in [0.717, 1.165) is 19.5 Å². The second-order valence-electron chi connectivity index (χ2n) is 4.50. The number of hydrogen-bond acceptors (Lipinski definition) is 3. The summed E-state index contributed by atoms with van der Waals surface area (Å²) in [6.45, 7) is 3.96. The minimum absolute atomic E-state index is 0.00374. The molecule has 0 fully saturated rings. The van der Waals surface area contributed by atoms with Crippen molar-refractivity contribution in [1.82, 2.24) is 4.90 Å². The molecule has 0 atom stereocenters. The lowest BCUT2D eigenvalue weighted by atomic mass is 10.2. The number of carbonyl (C=O) groups excluding carboxylic acids is 1. The third-order valence-corrected chi connectivity index (χ3v) is 2.77. The molecule has 0 bridgehead atoms. The third-order valence-electron chi connectivity index (χ3n) is 2.77. The Morgan fingerprint density at radius 1 is 1.28 bits per heavy atom. The molecule has 0 aliphatic carbocycles.